The molecular weight excluding hydrogens is 466 g/mol. The Kier molecular flexibility index (Phi) is 7.81. The minimum Gasteiger partial charge on any atom is -0.384 e. The van der Waals surface area contributed by atoms with E-state index in [-0.39, 0.29) is 0 Å². The summed E-state index contributed by atoms with van der Waals surface area (Å²) in [6, 6.07) is 27.3. The summed E-state index contributed by atoms with van der Waals surface area (Å²) in [7, 11) is 1.72. The first-order valence-corrected chi connectivity index (χ1v) is 13.1. The van der Waals surface area contributed by atoms with Crippen LogP contribution in [-0.4, -0.2) is 34.8 Å². The molecular formula is C29H31N5OS. The smallest absolute Gasteiger partial charge is 0.152 e. The number of hydrogen-bond donors (Lipinski definition) is 2. The molecule has 0 aliphatic rings. The van der Waals surface area contributed by atoms with Crippen LogP contribution < -0.4 is 10.5 Å². The molecule has 7 heteroatoms. The highest BCUT2D eigenvalue weighted by Gasteiger charge is 2.16. The Bertz CT molecular complexity index is 1430. The topological polar surface area (TPSA) is 78.0 Å². The van der Waals surface area contributed by atoms with Crippen molar-refractivity contribution in [3.63, 3.8) is 0 Å². The van der Waals surface area contributed by atoms with Crippen molar-refractivity contribution in [1.29, 1.82) is 0 Å². The van der Waals surface area contributed by atoms with Gasteiger partial charge in [-0.2, -0.15) is 0 Å². The van der Waals surface area contributed by atoms with Gasteiger partial charge in [0.1, 0.15) is 11.3 Å². The number of fused-ring (bicyclic) bond motifs is 3. The molecule has 0 aliphatic heterocycles. The van der Waals surface area contributed by atoms with Crippen LogP contribution in [0.2, 0.25) is 0 Å². The van der Waals surface area contributed by atoms with Crippen LogP contribution in [0.15, 0.2) is 83.8 Å². The fourth-order valence-corrected chi connectivity index (χ4v) is 5.16. The van der Waals surface area contributed by atoms with E-state index in [0.29, 0.717) is 12.4 Å². The van der Waals surface area contributed by atoms with Crippen molar-refractivity contribution in [3.05, 3.63) is 84.7 Å². The van der Waals surface area contributed by atoms with Gasteiger partial charge in [-0.1, -0.05) is 60.7 Å². The number of rotatable bonds is 11. The third kappa shape index (κ3) is 5.38. The van der Waals surface area contributed by atoms with Crippen LogP contribution in [0.5, 0.6) is 0 Å². The lowest BCUT2D eigenvalue weighted by Crippen LogP contribution is -2.10. The van der Waals surface area contributed by atoms with Crippen LogP contribution in [-0.2, 0) is 17.7 Å². The lowest BCUT2D eigenvalue weighted by atomic mass is 10.1. The highest BCUT2D eigenvalue weighted by molar-refractivity contribution is 7.97. The number of benzene rings is 3. The van der Waals surface area contributed by atoms with Crippen molar-refractivity contribution in [2.75, 3.05) is 26.0 Å². The van der Waals surface area contributed by atoms with Crippen LogP contribution in [0, 0.1) is 0 Å². The van der Waals surface area contributed by atoms with E-state index in [2.05, 4.69) is 68.9 Å². The van der Waals surface area contributed by atoms with Crippen molar-refractivity contribution in [1.82, 2.24) is 19.3 Å². The van der Waals surface area contributed by atoms with E-state index < -0.39 is 0 Å². The Morgan fingerprint density at radius 1 is 0.889 bits per heavy atom. The van der Waals surface area contributed by atoms with Crippen molar-refractivity contribution in [3.8, 4) is 11.1 Å². The van der Waals surface area contributed by atoms with Crippen LogP contribution in [0.3, 0.4) is 0 Å². The second-order valence-corrected chi connectivity index (χ2v) is 9.69. The minimum absolute atomic E-state index is 0.484. The lowest BCUT2D eigenvalue weighted by molar-refractivity contribution is 0.199. The molecule has 6 nitrogen and oxygen atoms in total. The molecule has 0 atom stereocenters. The van der Waals surface area contributed by atoms with Crippen molar-refractivity contribution in [2.45, 2.75) is 30.7 Å². The molecule has 5 aromatic rings. The molecule has 3 N–H and O–H groups in total. The van der Waals surface area contributed by atoms with Gasteiger partial charge >= 0.3 is 0 Å². The Balaban J connectivity index is 1.21. The molecule has 0 saturated heterocycles. The second-order valence-electron chi connectivity index (χ2n) is 8.73. The quantitative estimate of drug-likeness (QED) is 0.170. The maximum absolute atomic E-state index is 6.29. The summed E-state index contributed by atoms with van der Waals surface area (Å²) in [5.74, 6) is 1.48. The zero-order chi connectivity index (χ0) is 24.7. The molecule has 36 heavy (non-hydrogen) atoms. The largest absolute Gasteiger partial charge is 0.384 e. The van der Waals surface area contributed by atoms with Gasteiger partial charge in [-0.15, -0.1) is 0 Å². The van der Waals surface area contributed by atoms with Crippen molar-refractivity contribution < 1.29 is 4.74 Å². The highest BCUT2D eigenvalue weighted by atomic mass is 32.2. The monoisotopic (exact) mass is 497 g/mol. The number of ether oxygens (including phenoxy) is 1. The van der Waals surface area contributed by atoms with Crippen LogP contribution in [0.1, 0.15) is 18.7 Å². The van der Waals surface area contributed by atoms with Gasteiger partial charge in [0.25, 0.3) is 0 Å². The number of hydrogen-bond acceptors (Lipinski definition) is 6. The summed E-state index contributed by atoms with van der Waals surface area (Å²) in [5, 5.41) is 1.09. The zero-order valence-electron chi connectivity index (χ0n) is 20.5. The maximum atomic E-state index is 6.29. The van der Waals surface area contributed by atoms with Crippen molar-refractivity contribution in [2.24, 2.45) is 0 Å². The standard InChI is InChI=1S/C29H31N5OS/c1-35-20-17-26-33-27-28(24-11-5-6-12-25(24)32-29(27)30)34(26)19-8-7-18-31-36-23-15-13-22(14-16-23)21-9-3-2-4-10-21/h2-6,9-16,31H,7-8,17-20H2,1H3,(H2,30,32). The van der Waals surface area contributed by atoms with E-state index in [1.807, 2.05) is 24.3 Å². The molecule has 5 rings (SSSR count). The Hall–Kier alpha value is -3.39. The summed E-state index contributed by atoms with van der Waals surface area (Å²) in [5.41, 5.74) is 11.5. The van der Waals surface area contributed by atoms with E-state index >= 15 is 0 Å². The number of aryl methyl sites for hydroxylation is 1. The number of nitrogens with two attached hydrogens (primary N) is 1. The van der Waals surface area contributed by atoms with E-state index in [9.17, 15) is 0 Å². The van der Waals surface area contributed by atoms with Gasteiger partial charge in [0.15, 0.2) is 5.82 Å². The first-order chi connectivity index (χ1) is 17.7. The van der Waals surface area contributed by atoms with Gasteiger partial charge in [-0.3, -0.25) is 4.72 Å². The molecule has 0 fully saturated rings. The first kappa shape index (κ1) is 24.3. The average Bonchev–Trinajstić information content (AvgIpc) is 3.29. The second kappa shape index (κ2) is 11.6. The van der Waals surface area contributed by atoms with E-state index in [4.69, 9.17) is 15.5 Å². The van der Waals surface area contributed by atoms with Crippen molar-refractivity contribution >= 4 is 39.7 Å². The fourth-order valence-electron chi connectivity index (χ4n) is 4.48. The molecule has 0 unspecified atom stereocenters. The van der Waals surface area contributed by atoms with Gasteiger partial charge in [-0.05, 0) is 54.1 Å². The SMILES string of the molecule is COCCc1nc2c(N)nc3ccccc3c2n1CCCCNSc1ccc(-c2ccccc2)cc1. The van der Waals surface area contributed by atoms with E-state index in [1.54, 1.807) is 19.1 Å². The molecule has 184 valence electrons. The third-order valence-electron chi connectivity index (χ3n) is 6.28. The molecule has 0 saturated carbocycles. The summed E-state index contributed by atoms with van der Waals surface area (Å²) in [6.45, 7) is 2.42. The summed E-state index contributed by atoms with van der Waals surface area (Å²) >= 11 is 1.68. The number of nitrogens with zero attached hydrogens (tertiary/aromatic N) is 3. The number of unbranched alkanes of at least 4 members (excludes halogenated alkanes) is 1. The number of aromatic nitrogens is 3. The van der Waals surface area contributed by atoms with Crippen LogP contribution in [0.4, 0.5) is 5.82 Å². The predicted octanol–water partition coefficient (Wildman–Crippen LogP) is 6.10. The number of anilines is 1. The summed E-state index contributed by atoms with van der Waals surface area (Å²) in [6.07, 6.45) is 2.82. The molecule has 0 aliphatic carbocycles. The number of para-hydroxylation sites is 1. The molecule has 2 heterocycles. The van der Waals surface area contributed by atoms with Gasteiger partial charge in [-0.25, -0.2) is 9.97 Å². The van der Waals surface area contributed by atoms with Gasteiger partial charge in [0, 0.05) is 36.9 Å². The van der Waals surface area contributed by atoms with E-state index in [0.717, 1.165) is 60.1 Å². The Labute approximate surface area is 216 Å². The Morgan fingerprint density at radius 2 is 1.64 bits per heavy atom. The lowest BCUT2D eigenvalue weighted by Gasteiger charge is -2.11. The van der Waals surface area contributed by atoms with Gasteiger partial charge in [0.05, 0.1) is 17.6 Å². The molecule has 0 radical (unpaired) electrons. The number of nitrogen functional groups attached to an aromatic ring is 1. The molecule has 3 aromatic carbocycles. The molecule has 2 aromatic heterocycles. The summed E-state index contributed by atoms with van der Waals surface area (Å²) in [4.78, 5) is 10.6. The first-order valence-electron chi connectivity index (χ1n) is 12.3. The van der Waals surface area contributed by atoms with Crippen LogP contribution in [0.25, 0.3) is 33.1 Å². The third-order valence-corrected chi connectivity index (χ3v) is 7.14. The normalized spacial score (nSPS) is 11.5. The molecule has 0 spiro atoms. The predicted molar refractivity (Wildman–Crippen MR) is 150 cm³/mol. The Morgan fingerprint density at radius 3 is 2.44 bits per heavy atom. The highest BCUT2D eigenvalue weighted by Crippen LogP contribution is 2.29. The van der Waals surface area contributed by atoms with Gasteiger partial charge in [0.2, 0.25) is 0 Å². The molecule has 0 bridgehead atoms. The fraction of sp³-hybridized carbons (Fsp3) is 0.241. The number of imidazole rings is 1. The summed E-state index contributed by atoms with van der Waals surface area (Å²) < 4.78 is 11.2. The minimum atomic E-state index is 0.484. The number of pyridine rings is 1. The van der Waals surface area contributed by atoms with Gasteiger partial charge < -0.3 is 15.0 Å². The van der Waals surface area contributed by atoms with E-state index in [1.165, 1.54) is 16.0 Å². The maximum Gasteiger partial charge on any atom is 0.152 e. The number of nitrogens with one attached hydrogen (secondary N) is 1. The molecule has 0 amide bonds. The number of methoxy groups -OCH3 is 1. The average molecular weight is 498 g/mol. The van der Waals surface area contributed by atoms with Crippen LogP contribution >= 0.6 is 11.9 Å². The zero-order valence-corrected chi connectivity index (χ0v) is 21.3.